The van der Waals surface area contributed by atoms with E-state index in [0.717, 1.165) is 6.92 Å². The number of carbonyl (C=O) groups is 2. The molecule has 0 spiro atoms. The number of nitrogens with zero attached hydrogens (tertiary/aromatic N) is 3. The van der Waals surface area contributed by atoms with Crippen LogP contribution in [0.2, 0.25) is 0 Å². The zero-order valence-electron chi connectivity index (χ0n) is 24.8. The zero-order valence-corrected chi connectivity index (χ0v) is 26.4. The Kier molecular flexibility index (Phi) is 9.29. The van der Waals surface area contributed by atoms with Crippen LogP contribution in [-0.4, -0.2) is 72.6 Å². The number of ether oxygens (including phenoxy) is 2. The predicted octanol–water partition coefficient (Wildman–Crippen LogP) is 6.15. The first-order chi connectivity index (χ1) is 18.9. The minimum absolute atomic E-state index is 0.284. The number of carbonyl (C=O) groups excluding carboxylic acids is 2. The highest BCUT2D eigenvalue weighted by Crippen LogP contribution is 2.61. The van der Waals surface area contributed by atoms with Gasteiger partial charge in [0.1, 0.15) is 33.1 Å². The molecule has 19 heteroatoms. The van der Waals surface area contributed by atoms with Crippen molar-refractivity contribution in [2.24, 2.45) is 4.99 Å². The molecular weight excluding hydrogens is 627 g/mol. The van der Waals surface area contributed by atoms with Gasteiger partial charge in [0.05, 0.1) is 10.7 Å². The summed E-state index contributed by atoms with van der Waals surface area (Å²) >= 11 is 0. The molecule has 2 rings (SSSR count). The molecule has 1 aromatic rings. The zero-order chi connectivity index (χ0) is 33.8. The van der Waals surface area contributed by atoms with Crippen LogP contribution in [0.5, 0.6) is 5.75 Å². The van der Waals surface area contributed by atoms with Crippen molar-refractivity contribution in [3.63, 3.8) is 0 Å². The molecule has 0 saturated carbocycles. The molecule has 0 radical (unpaired) electrons. The number of hydrogen-bond acceptors (Lipinski definition) is 12. The number of benzene rings is 1. The van der Waals surface area contributed by atoms with Gasteiger partial charge in [-0.2, -0.15) is 37.1 Å². The van der Waals surface area contributed by atoms with Gasteiger partial charge >= 0.3 is 27.8 Å². The Morgan fingerprint density at radius 3 is 1.88 bits per heavy atom. The van der Waals surface area contributed by atoms with Crippen molar-refractivity contribution >= 4 is 44.4 Å². The van der Waals surface area contributed by atoms with Crippen molar-refractivity contribution in [2.75, 3.05) is 5.75 Å². The van der Waals surface area contributed by atoms with Crippen molar-refractivity contribution in [3.8, 4) is 5.75 Å². The van der Waals surface area contributed by atoms with E-state index in [1.807, 2.05) is 0 Å². The lowest BCUT2D eigenvalue weighted by Crippen LogP contribution is -2.59. The Hall–Kier alpha value is -3.16. The molecule has 2 N–H and O–H groups in total. The number of non-ortho nitro benzene ring substituents is 1. The molecule has 244 valence electrons. The van der Waals surface area contributed by atoms with Crippen LogP contribution in [0.1, 0.15) is 67.9 Å². The van der Waals surface area contributed by atoms with Crippen molar-refractivity contribution in [1.82, 2.24) is 4.90 Å². The lowest BCUT2D eigenvalue weighted by Gasteiger charge is -2.55. The molecule has 43 heavy (non-hydrogen) atoms. The van der Waals surface area contributed by atoms with Crippen molar-refractivity contribution in [2.45, 2.75) is 89.3 Å². The fourth-order valence-electron chi connectivity index (χ4n) is 3.73. The van der Waals surface area contributed by atoms with Crippen molar-refractivity contribution in [1.29, 1.82) is 0 Å². The second kappa shape index (κ2) is 11.1. The Bertz CT molecular complexity index is 1420. The minimum atomic E-state index is -6.32. The van der Waals surface area contributed by atoms with Gasteiger partial charge in [-0.25, -0.2) is 9.59 Å². The van der Waals surface area contributed by atoms with Crippen LogP contribution in [0.15, 0.2) is 23.2 Å². The molecule has 1 atom stereocenters. The molecular formula is C24H34F3N3O11S2. The van der Waals surface area contributed by atoms with Gasteiger partial charge in [0, 0.05) is 17.7 Å². The normalized spacial score (nSPS) is 21.2. The molecule has 1 aromatic carbocycles. The van der Waals surface area contributed by atoms with Gasteiger partial charge in [-0.15, -0.1) is 0 Å². The summed E-state index contributed by atoms with van der Waals surface area (Å²) in [7, 11) is -10.4. The van der Waals surface area contributed by atoms with Gasteiger partial charge in [0.25, 0.3) is 5.69 Å². The first-order valence-corrected chi connectivity index (χ1v) is 15.5. The molecule has 1 heterocycles. The molecule has 1 unspecified atom stereocenters. The topological polar surface area (TPSA) is 195 Å². The van der Waals surface area contributed by atoms with E-state index in [-0.39, 0.29) is 4.90 Å². The van der Waals surface area contributed by atoms with Crippen LogP contribution in [0.3, 0.4) is 0 Å². The standard InChI is InChI=1S/C24H34F3N3O11S2/c1-20(2,3)39-18(31)29(19(32)40-21(4,5)6)17-22(7,8)42(35,36)13-23(9,28-17)15-12-14(30(33)34)10-11-16(15)41-43(37,38)24(25,26)27/h10-12,35-36H,13H2,1-9H3. The number of rotatable bonds is 4. The average Bonchev–Trinajstić information content (AvgIpc) is 2.73. The number of hydrogen-bond donors (Lipinski definition) is 2. The fraction of sp³-hybridized carbons (Fsp3) is 0.625. The predicted molar refractivity (Wildman–Crippen MR) is 150 cm³/mol. The Labute approximate surface area is 247 Å². The number of imide groups is 1. The second-order valence-corrected chi connectivity index (χ2v) is 16.4. The molecule has 0 aromatic heterocycles. The molecule has 0 fully saturated rings. The summed E-state index contributed by atoms with van der Waals surface area (Å²) in [5.41, 5.74) is -12.0. The SMILES string of the molecule is CC(C)(C)OC(=O)N(C(=O)OC(C)(C)C)C1=NC(C)(c2cc([N+](=O)[O-])ccc2OS(=O)(=O)C(F)(F)F)CS(O)(O)C1(C)C. The van der Waals surface area contributed by atoms with E-state index in [9.17, 15) is 50.4 Å². The number of alkyl halides is 3. The summed E-state index contributed by atoms with van der Waals surface area (Å²) in [4.78, 5) is 42.0. The summed E-state index contributed by atoms with van der Waals surface area (Å²) in [6, 6.07) is 1.88. The van der Waals surface area contributed by atoms with E-state index in [4.69, 9.17) is 9.47 Å². The third-order valence-electron chi connectivity index (χ3n) is 5.79. The maximum Gasteiger partial charge on any atom is 0.534 e. The van der Waals surface area contributed by atoms with Crippen molar-refractivity contribution in [3.05, 3.63) is 33.9 Å². The highest BCUT2D eigenvalue weighted by atomic mass is 32.3. The quantitative estimate of drug-likeness (QED) is 0.162. The smallest absolute Gasteiger partial charge is 0.443 e. The second-order valence-electron chi connectivity index (χ2n) is 12.2. The van der Waals surface area contributed by atoms with E-state index in [2.05, 4.69) is 9.18 Å². The van der Waals surface area contributed by atoms with E-state index < -0.39 is 93.4 Å². The minimum Gasteiger partial charge on any atom is -0.443 e. The number of nitro groups is 1. The summed E-state index contributed by atoms with van der Waals surface area (Å²) < 4.78 is 99.1. The van der Waals surface area contributed by atoms with Gasteiger partial charge in [0.2, 0.25) is 0 Å². The van der Waals surface area contributed by atoms with Gasteiger partial charge < -0.3 is 13.7 Å². The largest absolute Gasteiger partial charge is 0.534 e. The van der Waals surface area contributed by atoms with Gasteiger partial charge in [-0.05, 0) is 68.4 Å². The fourth-order valence-corrected chi connectivity index (χ4v) is 6.00. The summed E-state index contributed by atoms with van der Waals surface area (Å²) in [6.07, 6.45) is -2.74. The van der Waals surface area contributed by atoms with E-state index in [0.29, 0.717) is 18.2 Å². The molecule has 1 aliphatic heterocycles. The van der Waals surface area contributed by atoms with Gasteiger partial charge in [-0.1, -0.05) is 0 Å². The average molecular weight is 662 g/mol. The van der Waals surface area contributed by atoms with Gasteiger partial charge in [-0.3, -0.25) is 24.2 Å². The van der Waals surface area contributed by atoms with E-state index in [1.165, 1.54) is 55.4 Å². The van der Waals surface area contributed by atoms with Gasteiger partial charge in [0.15, 0.2) is 0 Å². The number of aliphatic imine (C=N–C) groups is 1. The first kappa shape index (κ1) is 36.0. The molecule has 0 bridgehead atoms. The Morgan fingerprint density at radius 2 is 1.49 bits per heavy atom. The third-order valence-corrected chi connectivity index (χ3v) is 9.54. The van der Waals surface area contributed by atoms with Crippen LogP contribution in [0.4, 0.5) is 28.4 Å². The molecule has 2 amide bonds. The monoisotopic (exact) mass is 661 g/mol. The van der Waals surface area contributed by atoms with E-state index in [1.54, 1.807) is 0 Å². The number of nitro benzene ring substituents is 1. The number of amidine groups is 1. The third kappa shape index (κ3) is 7.87. The molecule has 0 aliphatic carbocycles. The van der Waals surface area contributed by atoms with Crippen LogP contribution >= 0.6 is 10.6 Å². The van der Waals surface area contributed by atoms with Crippen molar-refractivity contribution < 1.29 is 58.9 Å². The van der Waals surface area contributed by atoms with Crippen LogP contribution < -0.4 is 4.18 Å². The Morgan fingerprint density at radius 1 is 1.02 bits per heavy atom. The lowest BCUT2D eigenvalue weighted by atomic mass is 9.92. The molecule has 1 aliphatic rings. The molecule has 0 saturated heterocycles. The number of amides is 2. The van der Waals surface area contributed by atoms with Crippen LogP contribution in [0.25, 0.3) is 0 Å². The van der Waals surface area contributed by atoms with E-state index >= 15 is 0 Å². The first-order valence-electron chi connectivity index (χ1n) is 12.4. The maximum atomic E-state index is 13.4. The highest BCUT2D eigenvalue weighted by molar-refractivity contribution is 8.26. The van der Waals surface area contributed by atoms with Crippen LogP contribution in [-0.2, 0) is 25.1 Å². The summed E-state index contributed by atoms with van der Waals surface area (Å²) in [5.74, 6) is -2.62. The van der Waals surface area contributed by atoms with Crippen LogP contribution in [0, 0.1) is 10.1 Å². The highest BCUT2D eigenvalue weighted by Gasteiger charge is 2.56. The Balaban J connectivity index is 3.00. The number of halogens is 3. The summed E-state index contributed by atoms with van der Waals surface area (Å²) in [5, 5.41) is 11.5. The molecule has 14 nitrogen and oxygen atoms in total. The summed E-state index contributed by atoms with van der Waals surface area (Å²) in [6.45, 7) is 12.3. The lowest BCUT2D eigenvalue weighted by molar-refractivity contribution is -0.385. The maximum absolute atomic E-state index is 13.4.